The topological polar surface area (TPSA) is 41.1 Å². The van der Waals surface area contributed by atoms with E-state index in [9.17, 15) is 4.79 Å². The van der Waals surface area contributed by atoms with Crippen LogP contribution in [0.15, 0.2) is 28.7 Å². The quantitative estimate of drug-likeness (QED) is 0.869. The van der Waals surface area contributed by atoms with Crippen LogP contribution in [0.1, 0.15) is 20.3 Å². The van der Waals surface area contributed by atoms with Crippen LogP contribution in [0, 0.1) is 0 Å². The number of nitrogens with one attached hydrogen (secondary N) is 2. The minimum Gasteiger partial charge on any atom is -0.335 e. The normalized spacial score (nSPS) is 11.9. The van der Waals surface area contributed by atoms with Gasteiger partial charge < -0.3 is 10.6 Å². The lowest BCUT2D eigenvalue weighted by molar-refractivity contribution is 0.249. The van der Waals surface area contributed by atoms with Crippen molar-refractivity contribution in [2.45, 2.75) is 26.3 Å². The Balaban J connectivity index is 2.51. The van der Waals surface area contributed by atoms with Gasteiger partial charge >= 0.3 is 6.03 Å². The van der Waals surface area contributed by atoms with Crippen molar-refractivity contribution in [3.8, 4) is 0 Å². The maximum atomic E-state index is 11.5. The van der Waals surface area contributed by atoms with Gasteiger partial charge in [-0.05, 0) is 31.5 Å². The van der Waals surface area contributed by atoms with Crippen LogP contribution in [-0.4, -0.2) is 12.1 Å². The van der Waals surface area contributed by atoms with E-state index in [0.717, 1.165) is 16.6 Å². The van der Waals surface area contributed by atoms with Crippen LogP contribution in [0.3, 0.4) is 0 Å². The number of hydrogen-bond donors (Lipinski definition) is 2. The van der Waals surface area contributed by atoms with Gasteiger partial charge in [-0.2, -0.15) is 0 Å². The number of amides is 2. The Hall–Kier alpha value is -1.03. The van der Waals surface area contributed by atoms with Crippen molar-refractivity contribution < 1.29 is 4.79 Å². The van der Waals surface area contributed by atoms with E-state index in [0.29, 0.717) is 0 Å². The van der Waals surface area contributed by atoms with Crippen LogP contribution in [0.2, 0.25) is 0 Å². The number of halogens is 1. The summed E-state index contributed by atoms with van der Waals surface area (Å²) in [5.74, 6) is 0. The molecule has 0 unspecified atom stereocenters. The highest BCUT2D eigenvalue weighted by Crippen LogP contribution is 2.15. The van der Waals surface area contributed by atoms with Gasteiger partial charge in [-0.3, -0.25) is 0 Å². The van der Waals surface area contributed by atoms with Crippen molar-refractivity contribution in [1.29, 1.82) is 0 Å². The molecule has 0 aliphatic carbocycles. The van der Waals surface area contributed by atoms with E-state index in [1.165, 1.54) is 0 Å². The van der Waals surface area contributed by atoms with Crippen molar-refractivity contribution in [3.63, 3.8) is 0 Å². The molecule has 0 bridgehead atoms. The standard InChI is InChI=1S/C11H15BrN2O/c1-3-8(2)13-11(15)14-10-6-4-5-9(12)7-10/h4-8H,3H2,1-2H3,(H2,13,14,15)/t8-/m1/s1. The highest BCUT2D eigenvalue weighted by Gasteiger charge is 2.04. The van der Waals surface area contributed by atoms with E-state index in [1.807, 2.05) is 38.1 Å². The Morgan fingerprint density at radius 3 is 2.87 bits per heavy atom. The average Bonchev–Trinajstić information content (AvgIpc) is 2.17. The predicted octanol–water partition coefficient (Wildman–Crippen LogP) is 3.37. The number of rotatable bonds is 3. The zero-order chi connectivity index (χ0) is 11.3. The molecule has 82 valence electrons. The summed E-state index contributed by atoms with van der Waals surface area (Å²) in [5, 5.41) is 5.60. The van der Waals surface area contributed by atoms with Gasteiger partial charge in [0.15, 0.2) is 0 Å². The third-order valence-corrected chi connectivity index (χ3v) is 2.57. The van der Waals surface area contributed by atoms with E-state index >= 15 is 0 Å². The third-order valence-electron chi connectivity index (χ3n) is 2.07. The molecule has 0 fully saturated rings. The number of urea groups is 1. The highest BCUT2D eigenvalue weighted by atomic mass is 79.9. The molecule has 0 saturated heterocycles. The number of carbonyl (C=O) groups is 1. The fraction of sp³-hybridized carbons (Fsp3) is 0.364. The Morgan fingerprint density at radius 2 is 2.27 bits per heavy atom. The minimum absolute atomic E-state index is 0.164. The van der Waals surface area contributed by atoms with Crippen LogP contribution in [0.5, 0.6) is 0 Å². The first-order valence-corrected chi connectivity index (χ1v) is 5.74. The lowest BCUT2D eigenvalue weighted by Gasteiger charge is -2.12. The van der Waals surface area contributed by atoms with Gasteiger partial charge in [0.25, 0.3) is 0 Å². The van der Waals surface area contributed by atoms with E-state index in [2.05, 4.69) is 26.6 Å². The smallest absolute Gasteiger partial charge is 0.319 e. The molecule has 0 spiro atoms. The molecule has 0 aliphatic rings. The maximum absolute atomic E-state index is 11.5. The van der Waals surface area contributed by atoms with Crippen LogP contribution >= 0.6 is 15.9 Å². The SMILES string of the molecule is CC[C@@H](C)NC(=O)Nc1cccc(Br)c1. The fourth-order valence-electron chi connectivity index (χ4n) is 1.06. The second kappa shape index (κ2) is 5.75. The van der Waals surface area contributed by atoms with Crippen LogP contribution < -0.4 is 10.6 Å². The molecular weight excluding hydrogens is 256 g/mol. The Bertz CT molecular complexity index is 341. The first-order chi connectivity index (χ1) is 7.11. The molecule has 1 aromatic carbocycles. The van der Waals surface area contributed by atoms with Crippen molar-refractivity contribution in [2.75, 3.05) is 5.32 Å². The van der Waals surface area contributed by atoms with E-state index in [4.69, 9.17) is 0 Å². The van der Waals surface area contributed by atoms with E-state index in [-0.39, 0.29) is 12.1 Å². The van der Waals surface area contributed by atoms with Crippen molar-refractivity contribution in [1.82, 2.24) is 5.32 Å². The molecule has 1 rings (SSSR count). The lowest BCUT2D eigenvalue weighted by Crippen LogP contribution is -2.35. The van der Waals surface area contributed by atoms with Gasteiger partial charge in [0.1, 0.15) is 0 Å². The molecule has 3 nitrogen and oxygen atoms in total. The van der Waals surface area contributed by atoms with Gasteiger partial charge in [0.05, 0.1) is 0 Å². The Labute approximate surface area is 98.4 Å². The van der Waals surface area contributed by atoms with Crippen molar-refractivity contribution in [2.24, 2.45) is 0 Å². The Kier molecular flexibility index (Phi) is 4.62. The molecular formula is C11H15BrN2O. The van der Waals surface area contributed by atoms with Gasteiger partial charge in [-0.25, -0.2) is 4.79 Å². The summed E-state index contributed by atoms with van der Waals surface area (Å²) in [7, 11) is 0. The zero-order valence-corrected chi connectivity index (χ0v) is 10.5. The molecule has 1 atom stereocenters. The summed E-state index contributed by atoms with van der Waals surface area (Å²) in [5.41, 5.74) is 0.783. The number of carbonyl (C=O) groups excluding carboxylic acids is 1. The fourth-order valence-corrected chi connectivity index (χ4v) is 1.46. The van der Waals surface area contributed by atoms with Gasteiger partial charge in [0, 0.05) is 16.2 Å². The first kappa shape index (κ1) is 12.0. The summed E-state index contributed by atoms with van der Waals surface area (Å²) in [6.07, 6.45) is 0.923. The molecule has 4 heteroatoms. The first-order valence-electron chi connectivity index (χ1n) is 4.95. The van der Waals surface area contributed by atoms with Crippen LogP contribution in [0.4, 0.5) is 10.5 Å². The van der Waals surface area contributed by atoms with Crippen LogP contribution in [0.25, 0.3) is 0 Å². The molecule has 2 amide bonds. The summed E-state index contributed by atoms with van der Waals surface area (Å²) < 4.78 is 0.948. The second-order valence-electron chi connectivity index (χ2n) is 3.42. The lowest BCUT2D eigenvalue weighted by atomic mass is 10.3. The highest BCUT2D eigenvalue weighted by molar-refractivity contribution is 9.10. The number of benzene rings is 1. The molecule has 0 aliphatic heterocycles. The predicted molar refractivity (Wildman–Crippen MR) is 66.0 cm³/mol. The van der Waals surface area contributed by atoms with E-state index in [1.54, 1.807) is 0 Å². The van der Waals surface area contributed by atoms with Gasteiger partial charge in [-0.15, -0.1) is 0 Å². The molecule has 2 N–H and O–H groups in total. The average molecular weight is 271 g/mol. The maximum Gasteiger partial charge on any atom is 0.319 e. The Morgan fingerprint density at radius 1 is 1.53 bits per heavy atom. The van der Waals surface area contributed by atoms with Crippen LogP contribution in [-0.2, 0) is 0 Å². The monoisotopic (exact) mass is 270 g/mol. The number of anilines is 1. The molecule has 0 saturated carbocycles. The minimum atomic E-state index is -0.164. The van der Waals surface area contributed by atoms with Gasteiger partial charge in [0.2, 0.25) is 0 Å². The zero-order valence-electron chi connectivity index (χ0n) is 8.88. The molecule has 1 aromatic rings. The molecule has 0 aromatic heterocycles. The largest absolute Gasteiger partial charge is 0.335 e. The summed E-state index contributed by atoms with van der Waals surface area (Å²) in [6.45, 7) is 4.00. The number of hydrogen-bond acceptors (Lipinski definition) is 1. The second-order valence-corrected chi connectivity index (χ2v) is 4.33. The molecule has 0 heterocycles. The summed E-state index contributed by atoms with van der Waals surface area (Å²) in [4.78, 5) is 11.5. The van der Waals surface area contributed by atoms with Crippen molar-refractivity contribution in [3.05, 3.63) is 28.7 Å². The van der Waals surface area contributed by atoms with Crippen molar-refractivity contribution >= 4 is 27.6 Å². The third kappa shape index (κ3) is 4.34. The molecule has 15 heavy (non-hydrogen) atoms. The van der Waals surface area contributed by atoms with Gasteiger partial charge in [-0.1, -0.05) is 28.9 Å². The summed E-state index contributed by atoms with van der Waals surface area (Å²) >= 11 is 3.34. The van der Waals surface area contributed by atoms with E-state index < -0.39 is 0 Å². The summed E-state index contributed by atoms with van der Waals surface area (Å²) in [6, 6.07) is 7.53. The molecule has 0 radical (unpaired) electrons.